The van der Waals surface area contributed by atoms with Gasteiger partial charge in [-0.3, -0.25) is 4.79 Å². The first-order valence-electron chi connectivity index (χ1n) is 8.68. The molecule has 3 N–H and O–H groups in total. The largest absolute Gasteiger partial charge is 0.416 e. The van der Waals surface area contributed by atoms with Crippen LogP contribution in [0.3, 0.4) is 0 Å². The van der Waals surface area contributed by atoms with E-state index in [9.17, 15) is 18.0 Å². The number of aromatic nitrogens is 1. The summed E-state index contributed by atoms with van der Waals surface area (Å²) >= 11 is 1.58. The monoisotopic (exact) mass is 541 g/mol. The van der Waals surface area contributed by atoms with E-state index in [4.69, 9.17) is 0 Å². The van der Waals surface area contributed by atoms with Crippen molar-refractivity contribution in [3.05, 3.63) is 51.5 Å². The molecule has 0 fully saturated rings. The summed E-state index contributed by atoms with van der Waals surface area (Å²) in [7, 11) is 0. The Morgan fingerprint density at radius 3 is 2.34 bits per heavy atom. The van der Waals surface area contributed by atoms with Crippen LogP contribution in [0.15, 0.2) is 35.5 Å². The standard InChI is InChI=1S/C18H22F3N5OS.HI/c1-3-22-17(26-11-15-25-10-12(2)28-15)24-9-8-23-16(27)13-4-6-14(7-5-13)18(19,20)21;/h4-7,10H,3,8-9,11H2,1-2H3,(H,23,27)(H2,22,24,26);1H. The fourth-order valence-corrected chi connectivity index (χ4v) is 2.94. The van der Waals surface area contributed by atoms with Crippen LogP contribution in [0.5, 0.6) is 0 Å². The van der Waals surface area contributed by atoms with E-state index in [0.29, 0.717) is 32.1 Å². The van der Waals surface area contributed by atoms with E-state index in [0.717, 1.165) is 34.2 Å². The maximum Gasteiger partial charge on any atom is 0.416 e. The van der Waals surface area contributed by atoms with E-state index in [2.05, 4.69) is 25.9 Å². The summed E-state index contributed by atoms with van der Waals surface area (Å²) in [5.41, 5.74) is -0.611. The lowest BCUT2D eigenvalue weighted by Gasteiger charge is -2.12. The smallest absolute Gasteiger partial charge is 0.357 e. The molecule has 160 valence electrons. The zero-order chi connectivity index (χ0) is 20.6. The number of carbonyl (C=O) groups excluding carboxylic acids is 1. The van der Waals surface area contributed by atoms with Crippen molar-refractivity contribution in [1.82, 2.24) is 20.9 Å². The number of carbonyl (C=O) groups is 1. The van der Waals surface area contributed by atoms with Crippen LogP contribution >= 0.6 is 35.3 Å². The second-order valence-corrected chi connectivity index (χ2v) is 7.14. The van der Waals surface area contributed by atoms with Crippen molar-refractivity contribution in [3.8, 4) is 0 Å². The molecule has 0 unspecified atom stereocenters. The number of nitrogens with zero attached hydrogens (tertiary/aromatic N) is 2. The van der Waals surface area contributed by atoms with Crippen LogP contribution in [0, 0.1) is 6.92 Å². The van der Waals surface area contributed by atoms with Gasteiger partial charge in [-0.15, -0.1) is 35.3 Å². The Morgan fingerprint density at radius 2 is 1.79 bits per heavy atom. The molecular weight excluding hydrogens is 518 g/mol. The van der Waals surface area contributed by atoms with Gasteiger partial charge in [-0.1, -0.05) is 0 Å². The van der Waals surface area contributed by atoms with Gasteiger partial charge in [-0.05, 0) is 38.1 Å². The zero-order valence-electron chi connectivity index (χ0n) is 16.0. The quantitative estimate of drug-likeness (QED) is 0.217. The third-order valence-corrected chi connectivity index (χ3v) is 4.46. The number of hydrogen-bond donors (Lipinski definition) is 3. The predicted octanol–water partition coefficient (Wildman–Crippen LogP) is 3.57. The van der Waals surface area contributed by atoms with Gasteiger partial charge in [-0.2, -0.15) is 13.2 Å². The number of hydrogen-bond acceptors (Lipinski definition) is 4. The Balaban J connectivity index is 0.00000420. The van der Waals surface area contributed by atoms with E-state index in [1.165, 1.54) is 0 Å². The molecule has 1 aromatic heterocycles. The number of halogens is 4. The average Bonchev–Trinajstić information content (AvgIpc) is 3.07. The highest BCUT2D eigenvalue weighted by Crippen LogP contribution is 2.29. The van der Waals surface area contributed by atoms with Crippen LogP contribution in [-0.4, -0.2) is 36.5 Å². The molecule has 0 aliphatic heterocycles. The predicted molar refractivity (Wildman–Crippen MR) is 119 cm³/mol. The molecule has 1 amide bonds. The highest BCUT2D eigenvalue weighted by atomic mass is 127. The lowest BCUT2D eigenvalue weighted by molar-refractivity contribution is -0.137. The molecule has 2 rings (SSSR count). The lowest BCUT2D eigenvalue weighted by Crippen LogP contribution is -2.41. The molecular formula is C18H23F3IN5OS. The molecule has 11 heteroatoms. The maximum absolute atomic E-state index is 12.6. The SMILES string of the molecule is CCNC(=NCc1ncc(C)s1)NCCNC(=O)c1ccc(C(F)(F)F)cc1.I. The Kier molecular flexibility index (Phi) is 10.4. The van der Waals surface area contributed by atoms with E-state index >= 15 is 0 Å². The molecule has 0 saturated carbocycles. The molecule has 0 atom stereocenters. The summed E-state index contributed by atoms with van der Waals surface area (Å²) in [5.74, 6) is 0.162. The molecule has 0 saturated heterocycles. The highest BCUT2D eigenvalue weighted by molar-refractivity contribution is 14.0. The van der Waals surface area contributed by atoms with Gasteiger partial charge in [-0.25, -0.2) is 9.98 Å². The zero-order valence-corrected chi connectivity index (χ0v) is 19.1. The Labute approximate surface area is 188 Å². The third-order valence-electron chi connectivity index (χ3n) is 3.56. The Morgan fingerprint density at radius 1 is 1.14 bits per heavy atom. The molecule has 1 heterocycles. The van der Waals surface area contributed by atoms with Crippen LogP contribution in [0.2, 0.25) is 0 Å². The van der Waals surface area contributed by atoms with E-state index < -0.39 is 17.6 Å². The van der Waals surface area contributed by atoms with Crippen molar-refractivity contribution < 1.29 is 18.0 Å². The molecule has 0 spiro atoms. The van der Waals surface area contributed by atoms with Crippen molar-refractivity contribution in [2.45, 2.75) is 26.6 Å². The highest BCUT2D eigenvalue weighted by Gasteiger charge is 2.30. The van der Waals surface area contributed by atoms with Gasteiger partial charge in [0.15, 0.2) is 5.96 Å². The minimum Gasteiger partial charge on any atom is -0.357 e. The van der Waals surface area contributed by atoms with Gasteiger partial charge in [0.2, 0.25) is 0 Å². The van der Waals surface area contributed by atoms with Gasteiger partial charge < -0.3 is 16.0 Å². The van der Waals surface area contributed by atoms with Gasteiger partial charge in [0.05, 0.1) is 12.1 Å². The van der Waals surface area contributed by atoms with Gasteiger partial charge in [0, 0.05) is 36.3 Å². The van der Waals surface area contributed by atoms with Crippen LogP contribution < -0.4 is 16.0 Å². The van der Waals surface area contributed by atoms with Crippen molar-refractivity contribution in [3.63, 3.8) is 0 Å². The van der Waals surface area contributed by atoms with Crippen LogP contribution in [0.4, 0.5) is 13.2 Å². The Bertz CT molecular complexity index is 809. The molecule has 0 bridgehead atoms. The van der Waals surface area contributed by atoms with E-state index in [1.54, 1.807) is 17.5 Å². The number of aryl methyl sites for hydroxylation is 1. The maximum atomic E-state index is 12.6. The second-order valence-electron chi connectivity index (χ2n) is 5.82. The molecule has 0 aliphatic rings. The van der Waals surface area contributed by atoms with Crippen molar-refractivity contribution in [2.75, 3.05) is 19.6 Å². The van der Waals surface area contributed by atoms with Gasteiger partial charge in [0.1, 0.15) is 5.01 Å². The lowest BCUT2D eigenvalue weighted by atomic mass is 10.1. The van der Waals surface area contributed by atoms with Gasteiger partial charge in [0.25, 0.3) is 5.91 Å². The van der Waals surface area contributed by atoms with Gasteiger partial charge >= 0.3 is 6.18 Å². The van der Waals surface area contributed by atoms with Crippen LogP contribution in [0.25, 0.3) is 0 Å². The van der Waals surface area contributed by atoms with E-state index in [-0.39, 0.29) is 29.5 Å². The summed E-state index contributed by atoms with van der Waals surface area (Å²) in [6.45, 7) is 5.76. The number of thiazole rings is 1. The number of guanidine groups is 1. The van der Waals surface area contributed by atoms with Crippen molar-refractivity contribution in [2.24, 2.45) is 4.99 Å². The number of alkyl halides is 3. The van der Waals surface area contributed by atoms with Crippen molar-refractivity contribution in [1.29, 1.82) is 0 Å². The Hall–Kier alpha value is -1.89. The van der Waals surface area contributed by atoms with Crippen molar-refractivity contribution >= 4 is 47.2 Å². The molecule has 1 aromatic carbocycles. The topological polar surface area (TPSA) is 78.4 Å². The number of aliphatic imine (C=N–C) groups is 1. The summed E-state index contributed by atoms with van der Waals surface area (Å²) < 4.78 is 37.7. The molecule has 0 aliphatic carbocycles. The fourth-order valence-electron chi connectivity index (χ4n) is 2.23. The normalized spacial score (nSPS) is 11.6. The molecule has 6 nitrogen and oxygen atoms in total. The minimum atomic E-state index is -4.42. The minimum absolute atomic E-state index is 0. The first-order chi connectivity index (χ1) is 13.3. The second kappa shape index (κ2) is 12.0. The number of amides is 1. The van der Waals surface area contributed by atoms with Crippen LogP contribution in [-0.2, 0) is 12.7 Å². The summed E-state index contributed by atoms with van der Waals surface area (Å²) in [4.78, 5) is 21.8. The molecule has 2 aromatic rings. The number of rotatable bonds is 7. The number of nitrogens with one attached hydrogen (secondary N) is 3. The van der Waals surface area contributed by atoms with Crippen LogP contribution in [0.1, 0.15) is 32.7 Å². The molecule has 0 radical (unpaired) electrons. The van der Waals surface area contributed by atoms with E-state index in [1.807, 2.05) is 13.8 Å². The third kappa shape index (κ3) is 8.56. The average molecular weight is 541 g/mol. The first-order valence-corrected chi connectivity index (χ1v) is 9.50. The summed E-state index contributed by atoms with van der Waals surface area (Å²) in [5, 5.41) is 9.75. The number of benzene rings is 1. The first kappa shape index (κ1) is 25.1. The summed E-state index contributed by atoms with van der Waals surface area (Å²) in [6.07, 6.45) is -2.62. The fraction of sp³-hybridized carbons (Fsp3) is 0.389. The summed E-state index contributed by atoms with van der Waals surface area (Å²) in [6, 6.07) is 4.10. The molecule has 29 heavy (non-hydrogen) atoms.